The van der Waals surface area contributed by atoms with E-state index < -0.39 is 0 Å². The number of aromatic amines is 1. The number of hydrogen-bond donors (Lipinski definition) is 4. The number of rotatable bonds is 2. The summed E-state index contributed by atoms with van der Waals surface area (Å²) in [5, 5.41) is 23.4. The van der Waals surface area contributed by atoms with Gasteiger partial charge in [-0.3, -0.25) is 5.10 Å². The number of nitrogens with two attached hydrogens (primary N) is 2. The largest absolute Gasteiger partial charge is 0.508 e. The molecule has 0 aliphatic carbocycles. The second kappa shape index (κ2) is 4.12. The van der Waals surface area contributed by atoms with Gasteiger partial charge < -0.3 is 16.6 Å². The molecule has 0 radical (unpaired) electrons. The minimum absolute atomic E-state index is 0.184. The molecule has 7 nitrogen and oxygen atoms in total. The van der Waals surface area contributed by atoms with Crippen LogP contribution in [0.4, 0.5) is 23.0 Å². The maximum Gasteiger partial charge on any atom is 0.175 e. The number of H-pyrrole nitrogens is 1. The lowest BCUT2D eigenvalue weighted by molar-refractivity contribution is 0.475. The summed E-state index contributed by atoms with van der Waals surface area (Å²) in [6.45, 7) is 1.82. The summed E-state index contributed by atoms with van der Waals surface area (Å²) in [6.07, 6.45) is 0. The molecular formula is C10H12N6O. The summed E-state index contributed by atoms with van der Waals surface area (Å²) >= 11 is 0. The highest BCUT2D eigenvalue weighted by Crippen LogP contribution is 2.30. The highest BCUT2D eigenvalue weighted by Gasteiger charge is 2.06. The number of phenolic OH excluding ortho intramolecular Hbond substituents is 1. The third-order valence-corrected chi connectivity index (χ3v) is 2.23. The standard InChI is InChI=1S/C10H12N6O/c1-5-4-6(17)2-3-7(5)13-14-8-9(11)15-16-10(8)12/h2-4,17H,1H3,(H5,11,12,15,16). The van der Waals surface area contributed by atoms with Gasteiger partial charge in [0, 0.05) is 0 Å². The monoisotopic (exact) mass is 232 g/mol. The van der Waals surface area contributed by atoms with Crippen molar-refractivity contribution in [1.29, 1.82) is 0 Å². The van der Waals surface area contributed by atoms with E-state index in [9.17, 15) is 5.11 Å². The average molecular weight is 232 g/mol. The Morgan fingerprint density at radius 2 is 2.06 bits per heavy atom. The Balaban J connectivity index is 2.32. The number of benzene rings is 1. The highest BCUT2D eigenvalue weighted by atomic mass is 16.3. The van der Waals surface area contributed by atoms with Gasteiger partial charge in [-0.1, -0.05) is 0 Å². The fraction of sp³-hybridized carbons (Fsp3) is 0.100. The van der Waals surface area contributed by atoms with Crippen LogP contribution in [-0.2, 0) is 0 Å². The Morgan fingerprint density at radius 3 is 2.65 bits per heavy atom. The van der Waals surface area contributed by atoms with E-state index in [0.29, 0.717) is 11.4 Å². The fourth-order valence-corrected chi connectivity index (χ4v) is 1.33. The molecule has 7 heteroatoms. The highest BCUT2D eigenvalue weighted by molar-refractivity contribution is 5.70. The predicted octanol–water partition coefficient (Wildman–Crippen LogP) is 2.00. The molecule has 0 atom stereocenters. The molecule has 88 valence electrons. The predicted molar refractivity (Wildman–Crippen MR) is 64.4 cm³/mol. The van der Waals surface area contributed by atoms with Crippen molar-refractivity contribution in [2.45, 2.75) is 6.92 Å². The van der Waals surface area contributed by atoms with Crippen LogP contribution in [0.15, 0.2) is 28.4 Å². The molecule has 0 aliphatic rings. The van der Waals surface area contributed by atoms with Crippen LogP contribution < -0.4 is 11.5 Å². The third-order valence-electron chi connectivity index (χ3n) is 2.23. The first kappa shape index (κ1) is 10.9. The Morgan fingerprint density at radius 1 is 1.29 bits per heavy atom. The van der Waals surface area contributed by atoms with E-state index in [-0.39, 0.29) is 17.4 Å². The van der Waals surface area contributed by atoms with Crippen LogP contribution in [0.5, 0.6) is 5.75 Å². The van der Waals surface area contributed by atoms with Crippen molar-refractivity contribution in [3.63, 3.8) is 0 Å². The Kier molecular flexibility index (Phi) is 2.65. The number of nitrogens with zero attached hydrogens (tertiary/aromatic N) is 3. The van der Waals surface area contributed by atoms with E-state index in [1.54, 1.807) is 12.1 Å². The maximum atomic E-state index is 9.25. The van der Waals surface area contributed by atoms with Crippen molar-refractivity contribution in [3.8, 4) is 5.75 Å². The average Bonchev–Trinajstić information content (AvgIpc) is 2.58. The minimum Gasteiger partial charge on any atom is -0.508 e. The molecule has 1 heterocycles. The molecule has 0 fully saturated rings. The molecular weight excluding hydrogens is 220 g/mol. The lowest BCUT2D eigenvalue weighted by Crippen LogP contribution is -1.84. The SMILES string of the molecule is Cc1cc(O)ccc1N=Nc1c(N)n[nH]c1N. The van der Waals surface area contributed by atoms with Crippen LogP contribution >= 0.6 is 0 Å². The zero-order chi connectivity index (χ0) is 12.4. The van der Waals surface area contributed by atoms with Gasteiger partial charge in [0.2, 0.25) is 0 Å². The van der Waals surface area contributed by atoms with Crippen molar-refractivity contribution >= 4 is 23.0 Å². The zero-order valence-corrected chi connectivity index (χ0v) is 9.18. The van der Waals surface area contributed by atoms with Gasteiger partial charge in [-0.15, -0.1) is 5.11 Å². The summed E-state index contributed by atoms with van der Waals surface area (Å²) < 4.78 is 0. The Bertz CT molecular complexity index is 555. The van der Waals surface area contributed by atoms with Crippen LogP contribution in [0, 0.1) is 6.92 Å². The smallest absolute Gasteiger partial charge is 0.175 e. The number of aryl methyl sites for hydroxylation is 1. The number of anilines is 2. The van der Waals surface area contributed by atoms with E-state index >= 15 is 0 Å². The van der Waals surface area contributed by atoms with Crippen LogP contribution in [0.2, 0.25) is 0 Å². The lowest BCUT2D eigenvalue weighted by Gasteiger charge is -1.99. The molecule has 0 saturated carbocycles. The van der Waals surface area contributed by atoms with Gasteiger partial charge in [-0.25, -0.2) is 0 Å². The van der Waals surface area contributed by atoms with Gasteiger partial charge in [0.05, 0.1) is 5.69 Å². The summed E-state index contributed by atoms with van der Waals surface area (Å²) in [6, 6.07) is 4.78. The Labute approximate surface area is 97.2 Å². The second-order valence-corrected chi connectivity index (χ2v) is 3.54. The molecule has 0 amide bonds. The van der Waals surface area contributed by atoms with E-state index in [1.165, 1.54) is 6.07 Å². The summed E-state index contributed by atoms with van der Waals surface area (Å²) in [4.78, 5) is 0. The van der Waals surface area contributed by atoms with Crippen LogP contribution in [0.25, 0.3) is 0 Å². The van der Waals surface area contributed by atoms with E-state index in [4.69, 9.17) is 11.5 Å². The molecule has 0 aliphatic heterocycles. The molecule has 2 aromatic rings. The third kappa shape index (κ3) is 2.17. The number of aromatic nitrogens is 2. The Hall–Kier alpha value is -2.57. The summed E-state index contributed by atoms with van der Waals surface area (Å²) in [5.74, 6) is 0.647. The van der Waals surface area contributed by atoms with E-state index in [2.05, 4.69) is 20.4 Å². The van der Waals surface area contributed by atoms with E-state index in [0.717, 1.165) is 5.56 Å². The van der Waals surface area contributed by atoms with Crippen LogP contribution in [-0.4, -0.2) is 15.3 Å². The molecule has 0 bridgehead atoms. The molecule has 17 heavy (non-hydrogen) atoms. The van der Waals surface area contributed by atoms with Crippen molar-refractivity contribution in [3.05, 3.63) is 23.8 Å². The zero-order valence-electron chi connectivity index (χ0n) is 9.18. The fourth-order valence-electron chi connectivity index (χ4n) is 1.33. The number of hydrogen-bond acceptors (Lipinski definition) is 6. The van der Waals surface area contributed by atoms with Gasteiger partial charge in [0.1, 0.15) is 11.6 Å². The number of azo groups is 1. The van der Waals surface area contributed by atoms with Crippen molar-refractivity contribution in [1.82, 2.24) is 10.2 Å². The van der Waals surface area contributed by atoms with Crippen LogP contribution in [0.3, 0.4) is 0 Å². The van der Waals surface area contributed by atoms with Crippen molar-refractivity contribution in [2.75, 3.05) is 11.5 Å². The number of aromatic hydroxyl groups is 1. The first-order chi connectivity index (χ1) is 8.08. The van der Waals surface area contributed by atoms with Gasteiger partial charge in [-0.05, 0) is 30.7 Å². The lowest BCUT2D eigenvalue weighted by atomic mass is 10.2. The van der Waals surface area contributed by atoms with Gasteiger partial charge >= 0.3 is 0 Å². The molecule has 6 N–H and O–H groups in total. The number of phenols is 1. The van der Waals surface area contributed by atoms with Crippen molar-refractivity contribution in [2.24, 2.45) is 10.2 Å². The number of nitrogens with one attached hydrogen (secondary N) is 1. The molecule has 0 unspecified atom stereocenters. The first-order valence-electron chi connectivity index (χ1n) is 4.88. The maximum absolute atomic E-state index is 9.25. The first-order valence-corrected chi connectivity index (χ1v) is 4.88. The molecule has 1 aromatic carbocycles. The molecule has 0 saturated heterocycles. The minimum atomic E-state index is 0.184. The number of nitrogen functional groups attached to an aromatic ring is 2. The van der Waals surface area contributed by atoms with Gasteiger partial charge in [0.15, 0.2) is 11.5 Å². The van der Waals surface area contributed by atoms with Crippen molar-refractivity contribution < 1.29 is 5.11 Å². The summed E-state index contributed by atoms with van der Waals surface area (Å²) in [7, 11) is 0. The van der Waals surface area contributed by atoms with Gasteiger partial charge in [-0.2, -0.15) is 10.2 Å². The molecule has 2 rings (SSSR count). The van der Waals surface area contributed by atoms with Gasteiger partial charge in [0.25, 0.3) is 0 Å². The quantitative estimate of drug-likeness (QED) is 0.590. The second-order valence-electron chi connectivity index (χ2n) is 3.54. The summed E-state index contributed by atoms with van der Waals surface area (Å²) in [5.41, 5.74) is 12.9. The topological polar surface area (TPSA) is 126 Å². The van der Waals surface area contributed by atoms with E-state index in [1.807, 2.05) is 6.92 Å². The molecule has 1 aromatic heterocycles. The normalized spacial score (nSPS) is 11.1. The van der Waals surface area contributed by atoms with Crippen LogP contribution in [0.1, 0.15) is 5.56 Å². The molecule has 0 spiro atoms.